The first-order valence-corrected chi connectivity index (χ1v) is 12.2. The monoisotopic (exact) mass is 421 g/mol. The highest BCUT2D eigenvalue weighted by Gasteiger charge is 2.36. The standard InChI is InChI=1S/C15H22.C11H13N.2C2H6/c1-11-6-7-12-13(10-11)15(4,5)9-8-14(12,2)3;1-3-9(2)11-6-4-10(8-12)5-7-11;2*1-2/h6-7,10H,8-9H2,1-5H3;4-7,9H,3H2,1-2H3;2*1-2H3. The van der Waals surface area contributed by atoms with Gasteiger partial charge in [0.2, 0.25) is 0 Å². The summed E-state index contributed by atoms with van der Waals surface area (Å²) in [5.41, 5.74) is 7.29. The Balaban J connectivity index is 0.000000510. The molecule has 1 unspecified atom stereocenters. The lowest BCUT2D eigenvalue weighted by molar-refractivity contribution is 0.331. The van der Waals surface area contributed by atoms with Crippen LogP contribution in [-0.4, -0.2) is 0 Å². The molecule has 0 aliphatic heterocycles. The number of hydrogen-bond acceptors (Lipinski definition) is 1. The third kappa shape index (κ3) is 8.17. The minimum Gasteiger partial charge on any atom is -0.192 e. The van der Waals surface area contributed by atoms with Gasteiger partial charge in [-0.3, -0.25) is 0 Å². The summed E-state index contributed by atoms with van der Waals surface area (Å²) in [4.78, 5) is 0. The average Bonchev–Trinajstić information content (AvgIpc) is 2.79. The van der Waals surface area contributed by atoms with Crippen LogP contribution in [0.4, 0.5) is 0 Å². The van der Waals surface area contributed by atoms with Crippen LogP contribution in [0, 0.1) is 18.3 Å². The second kappa shape index (κ2) is 13.4. The first-order valence-electron chi connectivity index (χ1n) is 12.2. The second-order valence-corrected chi connectivity index (χ2v) is 9.36. The maximum Gasteiger partial charge on any atom is 0.0991 e. The smallest absolute Gasteiger partial charge is 0.0991 e. The molecule has 0 radical (unpaired) electrons. The number of rotatable bonds is 2. The van der Waals surface area contributed by atoms with Gasteiger partial charge < -0.3 is 0 Å². The van der Waals surface area contributed by atoms with Gasteiger partial charge in [0.15, 0.2) is 0 Å². The van der Waals surface area contributed by atoms with Crippen LogP contribution in [0.2, 0.25) is 0 Å². The maximum absolute atomic E-state index is 8.57. The van der Waals surface area contributed by atoms with Gasteiger partial charge >= 0.3 is 0 Å². The van der Waals surface area contributed by atoms with E-state index in [1.54, 1.807) is 11.1 Å². The lowest BCUT2D eigenvalue weighted by atomic mass is 9.63. The van der Waals surface area contributed by atoms with Gasteiger partial charge in [-0.25, -0.2) is 0 Å². The van der Waals surface area contributed by atoms with E-state index in [9.17, 15) is 0 Å². The zero-order chi connectivity index (χ0) is 24.2. The highest BCUT2D eigenvalue weighted by Crippen LogP contribution is 2.45. The van der Waals surface area contributed by atoms with Crippen molar-refractivity contribution in [3.05, 3.63) is 70.3 Å². The molecule has 0 saturated carbocycles. The molecule has 0 spiro atoms. The summed E-state index contributed by atoms with van der Waals surface area (Å²) in [6.07, 6.45) is 3.75. The predicted molar refractivity (Wildman–Crippen MR) is 139 cm³/mol. The fourth-order valence-corrected chi connectivity index (χ4v) is 3.82. The normalized spacial score (nSPS) is 15.8. The van der Waals surface area contributed by atoms with E-state index in [-0.39, 0.29) is 0 Å². The van der Waals surface area contributed by atoms with Crippen LogP contribution in [0.5, 0.6) is 0 Å². The summed E-state index contributed by atoms with van der Waals surface area (Å²) in [6, 6.07) is 16.9. The Morgan fingerprint density at radius 2 is 1.32 bits per heavy atom. The van der Waals surface area contributed by atoms with Crippen LogP contribution in [-0.2, 0) is 10.8 Å². The Bertz CT molecular complexity index is 803. The quantitative estimate of drug-likeness (QED) is 0.473. The molecule has 1 nitrogen and oxygen atoms in total. The van der Waals surface area contributed by atoms with Crippen molar-refractivity contribution < 1.29 is 0 Å². The highest BCUT2D eigenvalue weighted by molar-refractivity contribution is 5.43. The van der Waals surface area contributed by atoms with E-state index < -0.39 is 0 Å². The Labute approximate surface area is 193 Å². The first kappa shape index (κ1) is 28.9. The van der Waals surface area contributed by atoms with Gasteiger partial charge in [0.25, 0.3) is 0 Å². The van der Waals surface area contributed by atoms with Crippen LogP contribution in [0.3, 0.4) is 0 Å². The minimum absolute atomic E-state index is 0.358. The summed E-state index contributed by atoms with van der Waals surface area (Å²) >= 11 is 0. The number of benzene rings is 2. The molecule has 31 heavy (non-hydrogen) atoms. The number of nitrogens with zero attached hydrogens (tertiary/aromatic N) is 1. The molecule has 0 aromatic heterocycles. The number of nitriles is 1. The Morgan fingerprint density at radius 3 is 1.77 bits per heavy atom. The van der Waals surface area contributed by atoms with Crippen molar-refractivity contribution in [2.75, 3.05) is 0 Å². The molecule has 172 valence electrons. The molecule has 0 heterocycles. The lowest BCUT2D eigenvalue weighted by Crippen LogP contribution is -2.33. The molecule has 0 saturated heterocycles. The topological polar surface area (TPSA) is 23.8 Å². The largest absolute Gasteiger partial charge is 0.192 e. The van der Waals surface area contributed by atoms with E-state index in [1.165, 1.54) is 24.0 Å². The number of aryl methyl sites for hydroxylation is 1. The van der Waals surface area contributed by atoms with Crippen LogP contribution in [0.25, 0.3) is 0 Å². The van der Waals surface area contributed by atoms with E-state index in [4.69, 9.17) is 5.26 Å². The summed E-state index contributed by atoms with van der Waals surface area (Å²) in [5, 5.41) is 8.57. The van der Waals surface area contributed by atoms with E-state index in [2.05, 4.69) is 72.7 Å². The Morgan fingerprint density at radius 1 is 0.839 bits per heavy atom. The van der Waals surface area contributed by atoms with Crippen molar-refractivity contribution in [3.8, 4) is 6.07 Å². The molecule has 3 rings (SSSR count). The summed E-state index contributed by atoms with van der Waals surface area (Å²) in [6.45, 7) is 24.1. The van der Waals surface area contributed by atoms with Gasteiger partial charge in [-0.05, 0) is 71.8 Å². The second-order valence-electron chi connectivity index (χ2n) is 9.36. The van der Waals surface area contributed by atoms with Gasteiger partial charge in [-0.2, -0.15) is 5.26 Å². The first-order chi connectivity index (χ1) is 14.6. The van der Waals surface area contributed by atoms with E-state index in [1.807, 2.05) is 52.0 Å². The zero-order valence-electron chi connectivity index (χ0n) is 22.2. The molecular weight excluding hydrogens is 374 g/mol. The number of hydrogen-bond donors (Lipinski definition) is 0. The van der Waals surface area contributed by atoms with Crippen molar-refractivity contribution in [3.63, 3.8) is 0 Å². The fourth-order valence-electron chi connectivity index (χ4n) is 3.82. The third-order valence-electron chi connectivity index (χ3n) is 6.23. The van der Waals surface area contributed by atoms with Gasteiger partial charge in [0.05, 0.1) is 11.6 Å². The Hall–Kier alpha value is -2.07. The molecule has 2 aromatic rings. The lowest BCUT2D eigenvalue weighted by Gasteiger charge is -2.42. The van der Waals surface area contributed by atoms with Crippen LogP contribution < -0.4 is 0 Å². The summed E-state index contributed by atoms with van der Waals surface area (Å²) in [7, 11) is 0. The van der Waals surface area contributed by atoms with Crippen molar-refractivity contribution in [1.29, 1.82) is 5.26 Å². The molecule has 0 fully saturated rings. The molecule has 1 heteroatoms. The van der Waals surface area contributed by atoms with Crippen molar-refractivity contribution in [1.82, 2.24) is 0 Å². The number of fused-ring (bicyclic) bond motifs is 1. The van der Waals surface area contributed by atoms with Crippen LogP contribution in [0.1, 0.15) is 122 Å². The molecule has 1 aliphatic rings. The molecule has 2 aromatic carbocycles. The molecule has 1 atom stereocenters. The molecule has 0 bridgehead atoms. The van der Waals surface area contributed by atoms with Crippen molar-refractivity contribution in [2.45, 2.75) is 112 Å². The van der Waals surface area contributed by atoms with Crippen molar-refractivity contribution in [2.24, 2.45) is 0 Å². The molecule has 1 aliphatic carbocycles. The molecular formula is C30H47N. The van der Waals surface area contributed by atoms with Gasteiger partial charge in [-0.1, -0.05) is 105 Å². The van der Waals surface area contributed by atoms with E-state index in [0.29, 0.717) is 16.7 Å². The predicted octanol–water partition coefficient (Wildman–Crippen LogP) is 9.47. The summed E-state index contributed by atoms with van der Waals surface area (Å²) in [5.74, 6) is 0.595. The Kier molecular flexibility index (Phi) is 12.5. The van der Waals surface area contributed by atoms with Gasteiger partial charge in [-0.15, -0.1) is 0 Å². The maximum atomic E-state index is 8.57. The van der Waals surface area contributed by atoms with Gasteiger partial charge in [0, 0.05) is 0 Å². The summed E-state index contributed by atoms with van der Waals surface area (Å²) < 4.78 is 0. The fraction of sp³-hybridized carbons (Fsp3) is 0.567. The minimum atomic E-state index is 0.358. The van der Waals surface area contributed by atoms with E-state index in [0.717, 1.165) is 12.0 Å². The van der Waals surface area contributed by atoms with Gasteiger partial charge in [0.1, 0.15) is 0 Å². The average molecular weight is 422 g/mol. The zero-order valence-corrected chi connectivity index (χ0v) is 22.2. The molecule has 0 N–H and O–H groups in total. The third-order valence-corrected chi connectivity index (χ3v) is 6.23. The SMILES string of the molecule is CC.CC.CCC(C)c1ccc(C#N)cc1.Cc1ccc2c(c1)C(C)(C)CCC2(C)C. The highest BCUT2D eigenvalue weighted by atomic mass is 14.4. The van der Waals surface area contributed by atoms with Crippen LogP contribution >= 0.6 is 0 Å². The van der Waals surface area contributed by atoms with Crippen molar-refractivity contribution >= 4 is 0 Å². The molecule has 0 amide bonds. The van der Waals surface area contributed by atoms with E-state index >= 15 is 0 Å². The van der Waals surface area contributed by atoms with Crippen LogP contribution in [0.15, 0.2) is 42.5 Å².